The summed E-state index contributed by atoms with van der Waals surface area (Å²) < 4.78 is 7.25. The van der Waals surface area contributed by atoms with Crippen LogP contribution in [0.1, 0.15) is 28.5 Å². The molecule has 0 saturated carbocycles. The molecule has 1 aliphatic heterocycles. The summed E-state index contributed by atoms with van der Waals surface area (Å²) in [5.41, 5.74) is 12.0. The first-order chi connectivity index (χ1) is 17.1. The third-order valence-corrected chi connectivity index (χ3v) is 6.22. The smallest absolute Gasteiger partial charge is 0.269 e. The first-order valence-corrected chi connectivity index (χ1v) is 11.4. The third kappa shape index (κ3) is 3.57. The zero-order chi connectivity index (χ0) is 23.9. The van der Waals surface area contributed by atoms with E-state index in [4.69, 9.17) is 15.5 Å². The molecule has 0 unspecified atom stereocenters. The predicted octanol–water partition coefficient (Wildman–Crippen LogP) is 3.80. The average molecular weight is 466 g/mol. The summed E-state index contributed by atoms with van der Waals surface area (Å²) in [6, 6.07) is 17.9. The number of hydrogen-bond acceptors (Lipinski definition) is 6. The van der Waals surface area contributed by atoms with Gasteiger partial charge in [-0.15, -0.1) is 0 Å². The van der Waals surface area contributed by atoms with Crippen LogP contribution in [-0.2, 0) is 13.1 Å². The van der Waals surface area contributed by atoms with Gasteiger partial charge in [0.05, 0.1) is 24.1 Å². The van der Waals surface area contributed by atoms with Gasteiger partial charge in [-0.05, 0) is 35.7 Å². The maximum Gasteiger partial charge on any atom is 0.269 e. The van der Waals surface area contributed by atoms with Gasteiger partial charge < -0.3 is 15.4 Å². The zero-order valence-corrected chi connectivity index (χ0v) is 19.1. The fourth-order valence-corrected chi connectivity index (χ4v) is 4.58. The predicted molar refractivity (Wildman–Crippen MR) is 132 cm³/mol. The van der Waals surface area contributed by atoms with Crippen LogP contribution in [0.2, 0.25) is 0 Å². The number of amides is 1. The fourth-order valence-electron chi connectivity index (χ4n) is 4.58. The molecule has 35 heavy (non-hydrogen) atoms. The highest BCUT2D eigenvalue weighted by molar-refractivity contribution is 6.02. The number of aromatic amines is 1. The van der Waals surface area contributed by atoms with E-state index in [1.54, 1.807) is 16.9 Å². The van der Waals surface area contributed by atoms with E-state index in [-0.39, 0.29) is 5.69 Å². The molecule has 9 nitrogen and oxygen atoms in total. The van der Waals surface area contributed by atoms with E-state index >= 15 is 0 Å². The van der Waals surface area contributed by atoms with E-state index in [0.29, 0.717) is 17.8 Å². The summed E-state index contributed by atoms with van der Waals surface area (Å²) in [6.07, 6.45) is 3.51. The van der Waals surface area contributed by atoms with Crippen molar-refractivity contribution >= 4 is 17.4 Å². The molecule has 1 aliphatic rings. The van der Waals surface area contributed by atoms with E-state index in [1.165, 1.54) is 11.1 Å². The first-order valence-electron chi connectivity index (χ1n) is 11.4. The van der Waals surface area contributed by atoms with Crippen LogP contribution in [0.4, 0.5) is 5.82 Å². The monoisotopic (exact) mass is 465 g/mol. The van der Waals surface area contributed by atoms with Crippen LogP contribution in [0.3, 0.4) is 0 Å². The molecular formula is C26H23N7O2. The minimum absolute atomic E-state index is 0.160. The number of nitrogens with one attached hydrogen (secondary N) is 1. The van der Waals surface area contributed by atoms with Crippen molar-refractivity contribution in [3.8, 4) is 28.1 Å². The molecule has 0 aliphatic carbocycles. The largest absolute Gasteiger partial charge is 0.494 e. The summed E-state index contributed by atoms with van der Waals surface area (Å²) in [5, 5.41) is 11.6. The Hall–Kier alpha value is -4.66. The van der Waals surface area contributed by atoms with E-state index in [2.05, 4.69) is 44.5 Å². The number of aromatic nitrogens is 5. The summed E-state index contributed by atoms with van der Waals surface area (Å²) in [4.78, 5) is 19.7. The number of nitrogens with two attached hydrogens (primary N) is 1. The molecule has 2 aromatic carbocycles. The molecule has 5 aromatic rings. The Labute approximate surface area is 201 Å². The van der Waals surface area contributed by atoms with E-state index < -0.39 is 5.91 Å². The highest BCUT2D eigenvalue weighted by atomic mass is 16.5. The normalized spacial score (nSPS) is 12.8. The number of nitrogens with zero attached hydrogens (tertiary/aromatic N) is 5. The number of rotatable bonds is 6. The number of ether oxygens (including phenoxy) is 1. The van der Waals surface area contributed by atoms with Gasteiger partial charge in [0.15, 0.2) is 11.3 Å². The molecular weight excluding hydrogens is 442 g/mol. The summed E-state index contributed by atoms with van der Waals surface area (Å²) >= 11 is 0. The standard InChI is InChI=1S/C26H23N7O2/c1-2-35-20-9-7-16(8-10-20)23-24(25(27)34)31-33-21(19-12-28-29-13-19)11-22(30-26(23)33)32-14-17-5-3-4-6-18(17)15-32/h3-13H,2,14-15H2,1H3,(H2,27,34)(H,28,29). The highest BCUT2D eigenvalue weighted by Crippen LogP contribution is 2.35. The zero-order valence-electron chi connectivity index (χ0n) is 19.1. The van der Waals surface area contributed by atoms with Gasteiger partial charge in [-0.1, -0.05) is 36.4 Å². The number of primary amides is 1. The minimum atomic E-state index is -0.618. The quantitative estimate of drug-likeness (QED) is 0.394. The van der Waals surface area contributed by atoms with E-state index in [9.17, 15) is 4.79 Å². The van der Waals surface area contributed by atoms with E-state index in [1.807, 2.05) is 37.3 Å². The maximum absolute atomic E-state index is 12.5. The van der Waals surface area contributed by atoms with Gasteiger partial charge in [0, 0.05) is 30.9 Å². The number of fused-ring (bicyclic) bond motifs is 2. The van der Waals surface area contributed by atoms with Gasteiger partial charge >= 0.3 is 0 Å². The van der Waals surface area contributed by atoms with Crippen LogP contribution in [0.15, 0.2) is 67.0 Å². The van der Waals surface area contributed by atoms with Gasteiger partial charge in [0.2, 0.25) is 0 Å². The van der Waals surface area contributed by atoms with Crippen molar-refractivity contribution in [1.29, 1.82) is 0 Å². The third-order valence-electron chi connectivity index (χ3n) is 6.22. The number of hydrogen-bond donors (Lipinski definition) is 2. The molecule has 3 N–H and O–H groups in total. The van der Waals surface area contributed by atoms with Crippen molar-refractivity contribution in [1.82, 2.24) is 24.8 Å². The lowest BCUT2D eigenvalue weighted by atomic mass is 10.1. The lowest BCUT2D eigenvalue weighted by Crippen LogP contribution is -2.17. The van der Waals surface area contributed by atoms with Crippen molar-refractivity contribution < 1.29 is 9.53 Å². The van der Waals surface area contributed by atoms with Crippen molar-refractivity contribution in [3.63, 3.8) is 0 Å². The van der Waals surface area contributed by atoms with Crippen LogP contribution >= 0.6 is 0 Å². The fraction of sp³-hybridized carbons (Fsp3) is 0.154. The molecule has 0 atom stereocenters. The van der Waals surface area contributed by atoms with Crippen LogP contribution in [0, 0.1) is 0 Å². The molecule has 0 saturated heterocycles. The van der Waals surface area contributed by atoms with Crippen molar-refractivity contribution in [2.75, 3.05) is 11.5 Å². The van der Waals surface area contributed by atoms with Crippen LogP contribution < -0.4 is 15.4 Å². The molecule has 0 radical (unpaired) electrons. The molecule has 6 rings (SSSR count). The Morgan fingerprint density at radius 1 is 1.09 bits per heavy atom. The molecule has 1 amide bonds. The van der Waals surface area contributed by atoms with Crippen LogP contribution in [-0.4, -0.2) is 37.3 Å². The second-order valence-electron chi connectivity index (χ2n) is 8.39. The van der Waals surface area contributed by atoms with Gasteiger partial charge in [-0.2, -0.15) is 10.2 Å². The SMILES string of the molecule is CCOc1ccc(-c2c(C(N)=O)nn3c(-c4cn[nH]c4)cc(N4Cc5ccccc5C4)nc23)cc1. The van der Waals surface area contributed by atoms with Gasteiger partial charge in [-0.3, -0.25) is 9.89 Å². The lowest BCUT2D eigenvalue weighted by Gasteiger charge is -2.18. The minimum Gasteiger partial charge on any atom is -0.494 e. The molecule has 174 valence electrons. The number of carbonyl (C=O) groups excluding carboxylic acids is 1. The summed E-state index contributed by atoms with van der Waals surface area (Å²) in [6.45, 7) is 4.00. The Kier molecular flexibility index (Phi) is 4.95. The van der Waals surface area contributed by atoms with Crippen molar-refractivity contribution in [3.05, 3.63) is 83.8 Å². The Morgan fingerprint density at radius 2 is 1.83 bits per heavy atom. The Bertz CT molecular complexity index is 1510. The van der Waals surface area contributed by atoms with Gasteiger partial charge in [0.25, 0.3) is 5.91 Å². The van der Waals surface area contributed by atoms with Crippen molar-refractivity contribution in [2.45, 2.75) is 20.0 Å². The van der Waals surface area contributed by atoms with Crippen LogP contribution in [0.25, 0.3) is 28.0 Å². The number of anilines is 1. The van der Waals surface area contributed by atoms with Crippen LogP contribution in [0.5, 0.6) is 5.75 Å². The molecule has 0 spiro atoms. The molecule has 4 heterocycles. The number of carbonyl (C=O) groups is 1. The Balaban J connectivity index is 1.57. The molecule has 0 fully saturated rings. The highest BCUT2D eigenvalue weighted by Gasteiger charge is 2.26. The van der Waals surface area contributed by atoms with E-state index in [0.717, 1.165) is 41.5 Å². The molecule has 9 heteroatoms. The second kappa shape index (κ2) is 8.28. The lowest BCUT2D eigenvalue weighted by molar-refractivity contribution is 0.0996. The summed E-state index contributed by atoms with van der Waals surface area (Å²) in [7, 11) is 0. The summed E-state index contributed by atoms with van der Waals surface area (Å²) in [5.74, 6) is 0.913. The van der Waals surface area contributed by atoms with Gasteiger partial charge in [0.1, 0.15) is 11.6 Å². The average Bonchev–Trinajstić information content (AvgIpc) is 3.62. The van der Waals surface area contributed by atoms with Crippen molar-refractivity contribution in [2.24, 2.45) is 5.73 Å². The number of benzene rings is 2. The second-order valence-corrected chi connectivity index (χ2v) is 8.39. The molecule has 3 aromatic heterocycles. The molecule has 0 bridgehead atoms. The topological polar surface area (TPSA) is 114 Å². The van der Waals surface area contributed by atoms with Gasteiger partial charge in [-0.25, -0.2) is 9.50 Å². The first kappa shape index (κ1) is 20.9. The number of H-pyrrole nitrogens is 1. The Morgan fingerprint density at radius 3 is 2.46 bits per heavy atom. The maximum atomic E-state index is 12.5.